The minimum Gasteiger partial charge on any atom is -0.468 e. The third-order valence-corrected chi connectivity index (χ3v) is 7.10. The summed E-state index contributed by atoms with van der Waals surface area (Å²) in [5.74, 6) is -0.226. The predicted octanol–water partition coefficient (Wildman–Crippen LogP) is 1.13. The van der Waals surface area contributed by atoms with Crippen molar-refractivity contribution >= 4 is 21.8 Å². The fourth-order valence-electron chi connectivity index (χ4n) is 3.87. The first-order valence-corrected chi connectivity index (χ1v) is 10.1. The van der Waals surface area contributed by atoms with Crippen molar-refractivity contribution in [2.75, 3.05) is 11.8 Å². The quantitative estimate of drug-likeness (QED) is 0.777. The highest BCUT2D eigenvalue weighted by molar-refractivity contribution is 7.93. The Morgan fingerprint density at radius 2 is 1.92 bits per heavy atom. The lowest BCUT2D eigenvalue weighted by Crippen LogP contribution is -2.46. The van der Waals surface area contributed by atoms with Crippen molar-refractivity contribution in [2.24, 2.45) is 0 Å². The van der Waals surface area contributed by atoms with Crippen LogP contribution in [0.15, 0.2) is 12.4 Å². The van der Waals surface area contributed by atoms with Gasteiger partial charge in [-0.05, 0) is 38.5 Å². The number of hydrogen-bond acceptors (Lipinski definition) is 7. The molecule has 0 aromatic carbocycles. The zero-order valence-corrected chi connectivity index (χ0v) is 14.8. The molecule has 2 aliphatic heterocycles. The van der Waals surface area contributed by atoms with Crippen LogP contribution in [0.2, 0.25) is 0 Å². The van der Waals surface area contributed by atoms with Gasteiger partial charge < -0.3 is 9.47 Å². The number of rotatable bonds is 5. The standard InChI is InChI=1S/C16H21N3O5S/c1-23-15(20)16(6-10-2-3-11(7-16)24-10)13-8-17-9-14(18-13)19-25(21,22)12-4-5-12/h8-12H,2-7H2,1H3,(H,18,19). The monoisotopic (exact) mass is 367 g/mol. The number of carbonyl (C=O) groups excluding carboxylic acids is 1. The molecule has 0 radical (unpaired) electrons. The molecule has 8 nitrogen and oxygen atoms in total. The van der Waals surface area contributed by atoms with Gasteiger partial charge in [-0.15, -0.1) is 0 Å². The average Bonchev–Trinajstić information content (AvgIpc) is 3.40. The molecule has 2 atom stereocenters. The predicted molar refractivity (Wildman–Crippen MR) is 88.4 cm³/mol. The smallest absolute Gasteiger partial charge is 0.318 e. The van der Waals surface area contributed by atoms with Crippen molar-refractivity contribution in [1.82, 2.24) is 9.97 Å². The van der Waals surface area contributed by atoms with Crippen LogP contribution >= 0.6 is 0 Å². The molecule has 1 aromatic rings. The average molecular weight is 367 g/mol. The van der Waals surface area contributed by atoms with Crippen LogP contribution in [-0.4, -0.2) is 48.9 Å². The summed E-state index contributed by atoms with van der Waals surface area (Å²) in [6.45, 7) is 0. The van der Waals surface area contributed by atoms with E-state index in [1.54, 1.807) is 0 Å². The summed E-state index contributed by atoms with van der Waals surface area (Å²) in [5, 5.41) is -0.355. The maximum atomic E-state index is 12.6. The van der Waals surface area contributed by atoms with E-state index in [4.69, 9.17) is 9.47 Å². The minimum absolute atomic E-state index is 0.00791. The first-order chi connectivity index (χ1) is 11.9. The van der Waals surface area contributed by atoms with E-state index in [1.807, 2.05) is 0 Å². The fraction of sp³-hybridized carbons (Fsp3) is 0.688. The van der Waals surface area contributed by atoms with Crippen LogP contribution < -0.4 is 4.72 Å². The lowest BCUT2D eigenvalue weighted by molar-refractivity contribution is -0.155. The Morgan fingerprint density at radius 3 is 2.52 bits per heavy atom. The van der Waals surface area contributed by atoms with Gasteiger partial charge in [0.1, 0.15) is 5.41 Å². The highest BCUT2D eigenvalue weighted by Crippen LogP contribution is 2.46. The van der Waals surface area contributed by atoms with Gasteiger partial charge in [0, 0.05) is 6.20 Å². The highest BCUT2D eigenvalue weighted by atomic mass is 32.2. The second-order valence-electron chi connectivity index (χ2n) is 7.08. The molecule has 1 saturated carbocycles. The molecular weight excluding hydrogens is 346 g/mol. The molecule has 2 unspecified atom stereocenters. The Balaban J connectivity index is 1.68. The van der Waals surface area contributed by atoms with Gasteiger partial charge >= 0.3 is 5.97 Å². The maximum absolute atomic E-state index is 12.6. The highest BCUT2D eigenvalue weighted by Gasteiger charge is 2.52. The number of nitrogens with zero attached hydrogens (tertiary/aromatic N) is 2. The van der Waals surface area contributed by atoms with Gasteiger partial charge in [0.15, 0.2) is 5.82 Å². The molecular formula is C16H21N3O5S. The van der Waals surface area contributed by atoms with Crippen molar-refractivity contribution in [2.45, 2.75) is 61.4 Å². The van der Waals surface area contributed by atoms with E-state index in [-0.39, 0.29) is 29.2 Å². The van der Waals surface area contributed by atoms with Crippen LogP contribution in [0.1, 0.15) is 44.2 Å². The number of anilines is 1. The van der Waals surface area contributed by atoms with Crippen LogP contribution in [0.5, 0.6) is 0 Å². The molecule has 4 rings (SSSR count). The number of sulfonamides is 1. The topological polar surface area (TPSA) is 107 Å². The molecule has 2 bridgehead atoms. The number of aromatic nitrogens is 2. The van der Waals surface area contributed by atoms with Crippen LogP contribution in [-0.2, 0) is 29.7 Å². The lowest BCUT2D eigenvalue weighted by atomic mass is 9.75. The molecule has 2 saturated heterocycles. The summed E-state index contributed by atoms with van der Waals surface area (Å²) in [4.78, 5) is 21.2. The number of carbonyl (C=O) groups is 1. The molecule has 3 heterocycles. The SMILES string of the molecule is COC(=O)C1(c2cncc(NS(=O)(=O)C3CC3)n2)CC2CCC(C1)O2. The summed E-state index contributed by atoms with van der Waals surface area (Å²) in [6.07, 6.45) is 6.96. The normalized spacial score (nSPS) is 31.6. The van der Waals surface area contributed by atoms with Crippen LogP contribution in [0.25, 0.3) is 0 Å². The number of fused-ring (bicyclic) bond motifs is 2. The van der Waals surface area contributed by atoms with Gasteiger partial charge in [0.25, 0.3) is 0 Å². The van der Waals surface area contributed by atoms with Crippen LogP contribution in [0.4, 0.5) is 5.82 Å². The van der Waals surface area contributed by atoms with E-state index >= 15 is 0 Å². The summed E-state index contributed by atoms with van der Waals surface area (Å²) in [7, 11) is -2.08. The molecule has 9 heteroatoms. The third-order valence-electron chi connectivity index (χ3n) is 5.26. The van der Waals surface area contributed by atoms with Crippen molar-refractivity contribution in [3.05, 3.63) is 18.1 Å². The third kappa shape index (κ3) is 2.99. The van der Waals surface area contributed by atoms with Gasteiger partial charge in [0.05, 0.1) is 36.5 Å². The van der Waals surface area contributed by atoms with E-state index in [1.165, 1.54) is 19.5 Å². The molecule has 1 N–H and O–H groups in total. The first kappa shape index (κ1) is 16.7. The van der Waals surface area contributed by atoms with Crippen molar-refractivity contribution in [3.8, 4) is 0 Å². The van der Waals surface area contributed by atoms with Crippen molar-refractivity contribution in [1.29, 1.82) is 0 Å². The van der Waals surface area contributed by atoms with E-state index < -0.39 is 15.4 Å². The largest absolute Gasteiger partial charge is 0.468 e. The Hall–Kier alpha value is -1.74. The summed E-state index contributed by atoms with van der Waals surface area (Å²) >= 11 is 0. The molecule has 0 amide bonds. The molecule has 1 aromatic heterocycles. The van der Waals surface area contributed by atoms with Crippen molar-refractivity contribution < 1.29 is 22.7 Å². The van der Waals surface area contributed by atoms with E-state index in [2.05, 4.69) is 14.7 Å². The van der Waals surface area contributed by atoms with Gasteiger partial charge in [-0.2, -0.15) is 0 Å². The molecule has 0 spiro atoms. The summed E-state index contributed by atoms with van der Waals surface area (Å²) in [6, 6.07) is 0. The Labute approximate surface area is 146 Å². The number of nitrogens with one attached hydrogen (secondary N) is 1. The fourth-order valence-corrected chi connectivity index (χ4v) is 5.18. The van der Waals surface area contributed by atoms with E-state index in [9.17, 15) is 13.2 Å². The number of esters is 1. The van der Waals surface area contributed by atoms with Crippen molar-refractivity contribution in [3.63, 3.8) is 0 Å². The Morgan fingerprint density at radius 1 is 1.24 bits per heavy atom. The Bertz CT molecular complexity index is 781. The zero-order chi connectivity index (χ0) is 17.7. The van der Waals surface area contributed by atoms with Gasteiger partial charge in [-0.25, -0.2) is 13.4 Å². The molecule has 1 aliphatic carbocycles. The molecule has 136 valence electrons. The summed E-state index contributed by atoms with van der Waals surface area (Å²) in [5.41, 5.74) is -0.497. The van der Waals surface area contributed by atoms with Gasteiger partial charge in [-0.3, -0.25) is 14.5 Å². The van der Waals surface area contributed by atoms with Crippen LogP contribution in [0.3, 0.4) is 0 Å². The minimum atomic E-state index is -3.44. The zero-order valence-electron chi connectivity index (χ0n) is 14.0. The first-order valence-electron chi connectivity index (χ1n) is 8.51. The molecule has 3 fully saturated rings. The van der Waals surface area contributed by atoms with E-state index in [0.717, 1.165) is 12.8 Å². The Kier molecular flexibility index (Phi) is 3.95. The second kappa shape index (κ2) is 5.91. The number of hydrogen-bond donors (Lipinski definition) is 1. The number of methoxy groups -OCH3 is 1. The second-order valence-corrected chi connectivity index (χ2v) is 9.04. The lowest BCUT2D eigenvalue weighted by Gasteiger charge is -2.37. The molecule has 25 heavy (non-hydrogen) atoms. The maximum Gasteiger partial charge on any atom is 0.318 e. The van der Waals surface area contributed by atoms with Gasteiger partial charge in [-0.1, -0.05) is 0 Å². The van der Waals surface area contributed by atoms with Gasteiger partial charge in [0.2, 0.25) is 10.0 Å². The number of ether oxygens (including phenoxy) is 2. The molecule has 3 aliphatic rings. The van der Waals surface area contributed by atoms with Crippen LogP contribution in [0, 0.1) is 0 Å². The van der Waals surface area contributed by atoms with E-state index in [0.29, 0.717) is 31.4 Å². The summed E-state index contributed by atoms with van der Waals surface area (Å²) < 4.78 is 37.7.